The maximum atomic E-state index is 11.8. The Bertz CT molecular complexity index is 609. The molecule has 0 aliphatic rings. The molecule has 0 saturated heterocycles. The van der Waals surface area contributed by atoms with E-state index in [0.29, 0.717) is 5.92 Å². The summed E-state index contributed by atoms with van der Waals surface area (Å²) in [5.74, 6) is 0.605. The van der Waals surface area contributed by atoms with Gasteiger partial charge in [0.05, 0.1) is 0 Å². The largest absolute Gasteiger partial charge is 0.294 e. The predicted octanol–water partition coefficient (Wildman–Crippen LogP) is 4.99. The number of benzene rings is 2. The summed E-state index contributed by atoms with van der Waals surface area (Å²) in [5.41, 5.74) is 5.51. The SMILES string of the molecule is CC(=O)c1ccccc1-c1cc(C(C)C)ccc1C. The van der Waals surface area contributed by atoms with E-state index in [2.05, 4.69) is 39.0 Å². The lowest BCUT2D eigenvalue weighted by molar-refractivity contribution is 0.101. The Kier molecular flexibility index (Phi) is 3.84. The molecule has 2 aromatic rings. The molecule has 0 aliphatic heterocycles. The second kappa shape index (κ2) is 5.40. The van der Waals surface area contributed by atoms with E-state index >= 15 is 0 Å². The molecule has 0 heterocycles. The molecule has 2 rings (SSSR count). The van der Waals surface area contributed by atoms with Crippen LogP contribution in [-0.4, -0.2) is 5.78 Å². The molecule has 1 heteroatoms. The van der Waals surface area contributed by atoms with E-state index in [1.165, 1.54) is 11.1 Å². The first-order valence-corrected chi connectivity index (χ1v) is 6.71. The zero-order valence-electron chi connectivity index (χ0n) is 12.0. The van der Waals surface area contributed by atoms with Gasteiger partial charge >= 0.3 is 0 Å². The van der Waals surface area contributed by atoms with E-state index in [1.807, 2.05) is 24.3 Å². The van der Waals surface area contributed by atoms with Crippen molar-refractivity contribution in [1.82, 2.24) is 0 Å². The van der Waals surface area contributed by atoms with Gasteiger partial charge in [-0.05, 0) is 42.0 Å². The molecule has 0 bridgehead atoms. The molecule has 0 spiro atoms. The molecule has 0 amide bonds. The monoisotopic (exact) mass is 252 g/mol. The fraction of sp³-hybridized carbons (Fsp3) is 0.278. The molecule has 0 N–H and O–H groups in total. The fourth-order valence-electron chi connectivity index (χ4n) is 2.31. The van der Waals surface area contributed by atoms with Crippen LogP contribution >= 0.6 is 0 Å². The number of ketones is 1. The quantitative estimate of drug-likeness (QED) is 0.703. The Morgan fingerprint density at radius 1 is 1.00 bits per heavy atom. The van der Waals surface area contributed by atoms with Gasteiger partial charge in [0.2, 0.25) is 0 Å². The van der Waals surface area contributed by atoms with Crippen molar-refractivity contribution < 1.29 is 4.79 Å². The summed E-state index contributed by atoms with van der Waals surface area (Å²) in [5, 5.41) is 0. The van der Waals surface area contributed by atoms with E-state index in [-0.39, 0.29) is 5.78 Å². The molecule has 0 radical (unpaired) electrons. The van der Waals surface area contributed by atoms with Gasteiger partial charge in [-0.1, -0.05) is 56.3 Å². The maximum Gasteiger partial charge on any atom is 0.160 e. The summed E-state index contributed by atoms with van der Waals surface area (Å²) in [7, 11) is 0. The lowest BCUT2D eigenvalue weighted by atomic mass is 9.90. The Morgan fingerprint density at radius 2 is 1.68 bits per heavy atom. The van der Waals surface area contributed by atoms with Crippen molar-refractivity contribution >= 4 is 5.78 Å². The van der Waals surface area contributed by atoms with Crippen LogP contribution < -0.4 is 0 Å². The molecule has 1 nitrogen and oxygen atoms in total. The highest BCUT2D eigenvalue weighted by molar-refractivity contribution is 6.01. The topological polar surface area (TPSA) is 17.1 Å². The normalized spacial score (nSPS) is 10.8. The molecule has 0 aliphatic carbocycles. The Balaban J connectivity index is 2.65. The predicted molar refractivity (Wildman–Crippen MR) is 80.7 cm³/mol. The highest BCUT2D eigenvalue weighted by atomic mass is 16.1. The third-order valence-corrected chi connectivity index (χ3v) is 3.52. The van der Waals surface area contributed by atoms with Crippen LogP contribution in [0.2, 0.25) is 0 Å². The lowest BCUT2D eigenvalue weighted by Crippen LogP contribution is -1.98. The first kappa shape index (κ1) is 13.5. The minimum Gasteiger partial charge on any atom is -0.294 e. The molecule has 0 unspecified atom stereocenters. The number of rotatable bonds is 3. The number of carbonyl (C=O) groups is 1. The highest BCUT2D eigenvalue weighted by Gasteiger charge is 2.11. The number of hydrogen-bond donors (Lipinski definition) is 0. The molecule has 0 atom stereocenters. The van der Waals surface area contributed by atoms with E-state index in [9.17, 15) is 4.79 Å². The maximum absolute atomic E-state index is 11.8. The zero-order valence-corrected chi connectivity index (χ0v) is 12.0. The van der Waals surface area contributed by atoms with Gasteiger partial charge in [-0.25, -0.2) is 0 Å². The van der Waals surface area contributed by atoms with Crippen molar-refractivity contribution in [3.8, 4) is 11.1 Å². The van der Waals surface area contributed by atoms with Gasteiger partial charge in [0.1, 0.15) is 0 Å². The van der Waals surface area contributed by atoms with Gasteiger partial charge in [-0.15, -0.1) is 0 Å². The van der Waals surface area contributed by atoms with Crippen LogP contribution in [0.25, 0.3) is 11.1 Å². The highest BCUT2D eigenvalue weighted by Crippen LogP contribution is 2.30. The Hall–Kier alpha value is -1.89. The van der Waals surface area contributed by atoms with Crippen molar-refractivity contribution in [2.45, 2.75) is 33.6 Å². The molecule has 0 aromatic heterocycles. The van der Waals surface area contributed by atoms with Gasteiger partial charge in [-0.2, -0.15) is 0 Å². The van der Waals surface area contributed by atoms with Crippen LogP contribution in [0.1, 0.15) is 48.2 Å². The van der Waals surface area contributed by atoms with Crippen molar-refractivity contribution in [2.24, 2.45) is 0 Å². The minimum atomic E-state index is 0.116. The first-order chi connectivity index (χ1) is 9.00. The molecular weight excluding hydrogens is 232 g/mol. The smallest absolute Gasteiger partial charge is 0.160 e. The van der Waals surface area contributed by atoms with Crippen LogP contribution in [0.4, 0.5) is 0 Å². The van der Waals surface area contributed by atoms with E-state index in [1.54, 1.807) is 6.92 Å². The van der Waals surface area contributed by atoms with Crippen molar-refractivity contribution in [3.63, 3.8) is 0 Å². The van der Waals surface area contributed by atoms with Crippen LogP contribution in [0.3, 0.4) is 0 Å². The standard InChI is InChI=1S/C18H20O/c1-12(2)15-10-9-13(3)18(11-15)17-8-6-5-7-16(17)14(4)19/h5-12H,1-4H3. The van der Waals surface area contributed by atoms with Gasteiger partial charge < -0.3 is 0 Å². The minimum absolute atomic E-state index is 0.116. The van der Waals surface area contributed by atoms with Crippen molar-refractivity contribution in [3.05, 3.63) is 59.2 Å². The number of hydrogen-bond acceptors (Lipinski definition) is 1. The summed E-state index contributed by atoms with van der Waals surface area (Å²) < 4.78 is 0. The number of Topliss-reactive ketones (excluding diaryl/α,β-unsaturated/α-hetero) is 1. The Morgan fingerprint density at radius 3 is 2.32 bits per heavy atom. The van der Waals surface area contributed by atoms with Crippen molar-refractivity contribution in [1.29, 1.82) is 0 Å². The Labute approximate surface area is 115 Å². The first-order valence-electron chi connectivity index (χ1n) is 6.71. The fourth-order valence-corrected chi connectivity index (χ4v) is 2.31. The second-order valence-electron chi connectivity index (χ2n) is 5.33. The van der Waals surface area contributed by atoms with E-state index < -0.39 is 0 Å². The molecular formula is C18H20O. The number of aryl methyl sites for hydroxylation is 1. The van der Waals surface area contributed by atoms with Crippen LogP contribution in [0, 0.1) is 6.92 Å². The molecule has 2 aromatic carbocycles. The van der Waals surface area contributed by atoms with Crippen LogP contribution in [-0.2, 0) is 0 Å². The van der Waals surface area contributed by atoms with E-state index in [4.69, 9.17) is 0 Å². The van der Waals surface area contributed by atoms with Crippen LogP contribution in [0.15, 0.2) is 42.5 Å². The molecule has 98 valence electrons. The average molecular weight is 252 g/mol. The average Bonchev–Trinajstić information content (AvgIpc) is 2.39. The summed E-state index contributed by atoms with van der Waals surface area (Å²) in [6, 6.07) is 14.4. The number of carbonyl (C=O) groups excluding carboxylic acids is 1. The molecule has 0 saturated carbocycles. The van der Waals surface area contributed by atoms with Gasteiger partial charge in [0, 0.05) is 5.56 Å². The van der Waals surface area contributed by atoms with Gasteiger partial charge in [0.15, 0.2) is 5.78 Å². The third kappa shape index (κ3) is 2.76. The van der Waals surface area contributed by atoms with Crippen LogP contribution in [0.5, 0.6) is 0 Å². The zero-order chi connectivity index (χ0) is 14.0. The molecule has 19 heavy (non-hydrogen) atoms. The summed E-state index contributed by atoms with van der Waals surface area (Å²) in [6.45, 7) is 8.09. The van der Waals surface area contributed by atoms with Gasteiger partial charge in [-0.3, -0.25) is 4.79 Å². The second-order valence-corrected chi connectivity index (χ2v) is 5.33. The summed E-state index contributed by atoms with van der Waals surface area (Å²) in [6.07, 6.45) is 0. The molecule has 0 fully saturated rings. The van der Waals surface area contributed by atoms with Gasteiger partial charge in [0.25, 0.3) is 0 Å². The lowest BCUT2D eigenvalue weighted by Gasteiger charge is -2.13. The summed E-state index contributed by atoms with van der Waals surface area (Å²) >= 11 is 0. The van der Waals surface area contributed by atoms with E-state index in [0.717, 1.165) is 16.7 Å². The summed E-state index contributed by atoms with van der Waals surface area (Å²) in [4.78, 5) is 11.8. The van der Waals surface area contributed by atoms with Crippen molar-refractivity contribution in [2.75, 3.05) is 0 Å². The third-order valence-electron chi connectivity index (χ3n) is 3.52.